The van der Waals surface area contributed by atoms with Gasteiger partial charge < -0.3 is 14.7 Å². The number of hydrogen-bond acceptors (Lipinski definition) is 4. The van der Waals surface area contributed by atoms with Crippen LogP contribution in [0.25, 0.3) is 5.65 Å². The summed E-state index contributed by atoms with van der Waals surface area (Å²) in [6.07, 6.45) is 4.15. The van der Waals surface area contributed by atoms with Gasteiger partial charge in [0.25, 0.3) is 0 Å². The number of aliphatic hydroxyl groups excluding tert-OH is 1. The van der Waals surface area contributed by atoms with Crippen molar-refractivity contribution < 1.29 is 9.84 Å². The van der Waals surface area contributed by atoms with Crippen molar-refractivity contribution in [1.29, 1.82) is 0 Å². The van der Waals surface area contributed by atoms with Crippen molar-refractivity contribution >= 4 is 11.5 Å². The van der Waals surface area contributed by atoms with Crippen molar-refractivity contribution in [2.45, 2.75) is 19.4 Å². The molecule has 0 spiro atoms. The highest BCUT2D eigenvalue weighted by atomic mass is 16.5. The molecular formula is C15H21N3O2. The summed E-state index contributed by atoms with van der Waals surface area (Å²) in [6.45, 7) is 2.67. The molecule has 0 aliphatic carbocycles. The molecule has 2 aromatic heterocycles. The van der Waals surface area contributed by atoms with E-state index in [0.29, 0.717) is 5.92 Å². The number of hydrogen-bond donors (Lipinski definition) is 1. The Morgan fingerprint density at radius 3 is 2.95 bits per heavy atom. The maximum atomic E-state index is 9.65. The normalized spacial score (nSPS) is 16.7. The lowest BCUT2D eigenvalue weighted by Gasteiger charge is -2.27. The largest absolute Gasteiger partial charge is 0.390 e. The predicted molar refractivity (Wildman–Crippen MR) is 77.9 cm³/mol. The van der Waals surface area contributed by atoms with Crippen molar-refractivity contribution in [3.63, 3.8) is 0 Å². The van der Waals surface area contributed by atoms with Gasteiger partial charge in [-0.25, -0.2) is 4.98 Å². The second-order valence-corrected chi connectivity index (χ2v) is 5.41. The smallest absolute Gasteiger partial charge is 0.153 e. The number of imidazole rings is 1. The summed E-state index contributed by atoms with van der Waals surface area (Å²) >= 11 is 0. The Morgan fingerprint density at radius 2 is 2.20 bits per heavy atom. The number of pyridine rings is 1. The van der Waals surface area contributed by atoms with Crippen molar-refractivity contribution in [1.82, 2.24) is 9.38 Å². The van der Waals surface area contributed by atoms with Gasteiger partial charge >= 0.3 is 0 Å². The lowest BCUT2D eigenvalue weighted by molar-refractivity contribution is 0.0684. The van der Waals surface area contributed by atoms with Gasteiger partial charge in [0.1, 0.15) is 5.65 Å². The number of aliphatic hydroxyl groups is 1. The Balaban J connectivity index is 1.84. The standard InChI is InChI=1S/C15H21N3O2/c1-17(10-12-5-8-20-9-6-12)15-13(11-19)18-7-3-2-4-14(18)16-15/h2-4,7,12,19H,5-6,8-11H2,1H3. The molecule has 108 valence electrons. The Labute approximate surface area is 118 Å². The monoisotopic (exact) mass is 275 g/mol. The van der Waals surface area contributed by atoms with E-state index >= 15 is 0 Å². The summed E-state index contributed by atoms with van der Waals surface area (Å²) < 4.78 is 7.36. The first-order chi connectivity index (χ1) is 9.79. The van der Waals surface area contributed by atoms with Crippen LogP contribution in [0.15, 0.2) is 24.4 Å². The van der Waals surface area contributed by atoms with Gasteiger partial charge in [0.2, 0.25) is 0 Å². The third-order valence-electron chi connectivity index (χ3n) is 3.99. The van der Waals surface area contributed by atoms with Gasteiger partial charge in [-0.1, -0.05) is 6.07 Å². The first-order valence-electron chi connectivity index (χ1n) is 7.15. The number of fused-ring (bicyclic) bond motifs is 1. The van der Waals surface area contributed by atoms with Crippen LogP contribution in [0.1, 0.15) is 18.5 Å². The summed E-state index contributed by atoms with van der Waals surface area (Å²) in [6, 6.07) is 5.88. The molecule has 1 saturated heterocycles. The first kappa shape index (κ1) is 13.4. The molecule has 1 aliphatic heterocycles. The number of rotatable bonds is 4. The van der Waals surface area contributed by atoms with E-state index in [0.717, 1.165) is 49.8 Å². The second kappa shape index (κ2) is 5.81. The fourth-order valence-corrected chi connectivity index (χ4v) is 2.89. The van der Waals surface area contributed by atoms with Crippen LogP contribution in [0.3, 0.4) is 0 Å². The highest BCUT2D eigenvalue weighted by Crippen LogP contribution is 2.24. The van der Waals surface area contributed by atoms with Gasteiger partial charge in [-0.05, 0) is 30.9 Å². The Kier molecular flexibility index (Phi) is 3.89. The van der Waals surface area contributed by atoms with Gasteiger partial charge in [-0.3, -0.25) is 4.40 Å². The summed E-state index contributed by atoms with van der Waals surface area (Å²) in [5.41, 5.74) is 1.74. The van der Waals surface area contributed by atoms with Crippen LogP contribution in [0.5, 0.6) is 0 Å². The molecule has 0 atom stereocenters. The molecule has 1 aliphatic rings. The average Bonchev–Trinajstić information content (AvgIpc) is 2.87. The molecular weight excluding hydrogens is 254 g/mol. The van der Waals surface area contributed by atoms with Crippen molar-refractivity contribution in [2.24, 2.45) is 5.92 Å². The van der Waals surface area contributed by atoms with Gasteiger partial charge in [0.15, 0.2) is 5.82 Å². The van der Waals surface area contributed by atoms with E-state index in [2.05, 4.69) is 16.9 Å². The first-order valence-corrected chi connectivity index (χ1v) is 7.15. The summed E-state index contributed by atoms with van der Waals surface area (Å²) in [5.74, 6) is 1.52. The maximum Gasteiger partial charge on any atom is 0.153 e. The Morgan fingerprint density at radius 1 is 1.40 bits per heavy atom. The molecule has 2 aromatic rings. The van der Waals surface area contributed by atoms with E-state index < -0.39 is 0 Å². The average molecular weight is 275 g/mol. The van der Waals surface area contributed by atoms with Crippen molar-refractivity contribution in [3.8, 4) is 0 Å². The number of anilines is 1. The third kappa shape index (κ3) is 2.51. The molecule has 5 heteroatoms. The third-order valence-corrected chi connectivity index (χ3v) is 3.99. The molecule has 20 heavy (non-hydrogen) atoms. The molecule has 1 N–H and O–H groups in total. The van der Waals surface area contributed by atoms with Crippen molar-refractivity contribution in [3.05, 3.63) is 30.1 Å². The summed E-state index contributed by atoms with van der Waals surface area (Å²) in [5, 5.41) is 9.65. The molecule has 5 nitrogen and oxygen atoms in total. The van der Waals surface area contributed by atoms with Crippen LogP contribution in [0, 0.1) is 5.92 Å². The zero-order valence-electron chi connectivity index (χ0n) is 11.8. The van der Waals surface area contributed by atoms with Crippen LogP contribution in [-0.2, 0) is 11.3 Å². The molecule has 0 radical (unpaired) electrons. The minimum absolute atomic E-state index is 0.00136. The molecule has 3 rings (SSSR count). The molecule has 0 saturated carbocycles. The van der Waals surface area contributed by atoms with E-state index in [4.69, 9.17) is 4.74 Å². The molecule has 0 unspecified atom stereocenters. The van der Waals surface area contributed by atoms with Gasteiger partial charge in [-0.2, -0.15) is 0 Å². The van der Waals surface area contributed by atoms with Gasteiger partial charge in [0, 0.05) is 33.0 Å². The zero-order valence-corrected chi connectivity index (χ0v) is 11.8. The topological polar surface area (TPSA) is 50.0 Å². The molecule has 1 fully saturated rings. The molecule has 0 bridgehead atoms. The quantitative estimate of drug-likeness (QED) is 0.922. The van der Waals surface area contributed by atoms with E-state index in [1.807, 2.05) is 28.8 Å². The van der Waals surface area contributed by atoms with Crippen LogP contribution in [0.2, 0.25) is 0 Å². The van der Waals surface area contributed by atoms with E-state index in [-0.39, 0.29) is 6.61 Å². The number of nitrogens with zero attached hydrogens (tertiary/aromatic N) is 3. The zero-order chi connectivity index (χ0) is 13.9. The summed E-state index contributed by atoms with van der Waals surface area (Å²) in [4.78, 5) is 6.81. The SMILES string of the molecule is CN(CC1CCOCC1)c1nc2ccccn2c1CO. The van der Waals surface area contributed by atoms with Gasteiger partial charge in [0.05, 0.1) is 12.3 Å². The fraction of sp³-hybridized carbons (Fsp3) is 0.533. The van der Waals surface area contributed by atoms with E-state index in [9.17, 15) is 5.11 Å². The summed E-state index contributed by atoms with van der Waals surface area (Å²) in [7, 11) is 2.05. The van der Waals surface area contributed by atoms with Crippen LogP contribution >= 0.6 is 0 Å². The van der Waals surface area contributed by atoms with Gasteiger partial charge in [-0.15, -0.1) is 0 Å². The molecule has 3 heterocycles. The minimum Gasteiger partial charge on any atom is -0.390 e. The number of aromatic nitrogens is 2. The van der Waals surface area contributed by atoms with Crippen LogP contribution in [0.4, 0.5) is 5.82 Å². The fourth-order valence-electron chi connectivity index (χ4n) is 2.89. The Bertz CT molecular complexity index is 576. The molecule has 0 aromatic carbocycles. The second-order valence-electron chi connectivity index (χ2n) is 5.41. The minimum atomic E-state index is -0.00136. The lowest BCUT2D eigenvalue weighted by atomic mass is 10.00. The predicted octanol–water partition coefficient (Wildman–Crippen LogP) is 1.69. The lowest BCUT2D eigenvalue weighted by Crippen LogP contribution is -2.30. The van der Waals surface area contributed by atoms with E-state index in [1.54, 1.807) is 0 Å². The van der Waals surface area contributed by atoms with E-state index in [1.165, 1.54) is 0 Å². The van der Waals surface area contributed by atoms with Crippen LogP contribution in [-0.4, -0.2) is 41.3 Å². The maximum absolute atomic E-state index is 9.65. The van der Waals surface area contributed by atoms with Crippen molar-refractivity contribution in [2.75, 3.05) is 31.7 Å². The number of ether oxygens (including phenoxy) is 1. The Hall–Kier alpha value is -1.59. The molecule has 0 amide bonds. The van der Waals surface area contributed by atoms with Crippen LogP contribution < -0.4 is 4.90 Å². The highest BCUT2D eigenvalue weighted by Gasteiger charge is 2.20. The highest BCUT2D eigenvalue weighted by molar-refractivity contribution is 5.55.